The predicted molar refractivity (Wildman–Crippen MR) is 73.4 cm³/mol. The third-order valence-corrected chi connectivity index (χ3v) is 4.11. The highest BCUT2D eigenvalue weighted by atomic mass is 15.1. The summed E-state index contributed by atoms with van der Waals surface area (Å²) in [5, 5.41) is 2.70. The Hall–Kier alpha value is -1.34. The van der Waals surface area contributed by atoms with Crippen LogP contribution < -0.4 is 0 Å². The number of rotatable bonds is 1. The van der Waals surface area contributed by atoms with Crippen molar-refractivity contribution in [1.29, 1.82) is 0 Å². The van der Waals surface area contributed by atoms with Crippen LogP contribution in [0.15, 0.2) is 42.5 Å². The molecule has 1 heterocycles. The zero-order valence-electron chi connectivity index (χ0n) is 10.6. The van der Waals surface area contributed by atoms with E-state index in [1.165, 1.54) is 35.8 Å². The van der Waals surface area contributed by atoms with Gasteiger partial charge in [-0.2, -0.15) is 0 Å². The van der Waals surface area contributed by atoms with Gasteiger partial charge < -0.3 is 4.90 Å². The Bertz CT molecular complexity index is 546. The van der Waals surface area contributed by atoms with E-state index in [2.05, 4.69) is 61.3 Å². The third-order valence-electron chi connectivity index (χ3n) is 4.11. The van der Waals surface area contributed by atoms with Gasteiger partial charge in [-0.05, 0) is 36.3 Å². The molecule has 0 aromatic heterocycles. The van der Waals surface area contributed by atoms with Gasteiger partial charge in [0, 0.05) is 12.0 Å². The molecule has 0 bridgehead atoms. The molecule has 2 aromatic carbocycles. The van der Waals surface area contributed by atoms with E-state index in [1.807, 2.05) is 0 Å². The van der Waals surface area contributed by atoms with Crippen molar-refractivity contribution < 1.29 is 0 Å². The van der Waals surface area contributed by atoms with E-state index in [9.17, 15) is 0 Å². The summed E-state index contributed by atoms with van der Waals surface area (Å²) >= 11 is 0. The van der Waals surface area contributed by atoms with Crippen molar-refractivity contribution in [3.8, 4) is 0 Å². The Morgan fingerprint density at radius 1 is 1.06 bits per heavy atom. The minimum absolute atomic E-state index is 0.332. The molecule has 1 unspecified atom stereocenters. The monoisotopic (exact) mass is 225 g/mol. The van der Waals surface area contributed by atoms with Gasteiger partial charge in [0.05, 0.1) is 0 Å². The lowest BCUT2D eigenvalue weighted by Crippen LogP contribution is -2.25. The van der Waals surface area contributed by atoms with Crippen LogP contribution in [-0.4, -0.2) is 25.0 Å². The number of hydrogen-bond donors (Lipinski definition) is 0. The molecular formula is C16H19N. The smallest absolute Gasteiger partial charge is 0.00734 e. The molecule has 1 atom stereocenters. The number of hydrogen-bond acceptors (Lipinski definition) is 1. The summed E-state index contributed by atoms with van der Waals surface area (Å²) < 4.78 is 0. The molecule has 88 valence electrons. The highest BCUT2D eigenvalue weighted by Crippen LogP contribution is 2.34. The van der Waals surface area contributed by atoms with Crippen LogP contribution in [0.25, 0.3) is 10.8 Å². The molecule has 17 heavy (non-hydrogen) atoms. The van der Waals surface area contributed by atoms with Crippen LogP contribution >= 0.6 is 0 Å². The molecule has 0 N–H and O–H groups in total. The molecule has 1 aliphatic heterocycles. The molecule has 1 aliphatic rings. The highest BCUT2D eigenvalue weighted by molar-refractivity contribution is 5.83. The van der Waals surface area contributed by atoms with Crippen molar-refractivity contribution in [2.75, 3.05) is 20.1 Å². The summed E-state index contributed by atoms with van der Waals surface area (Å²) in [7, 11) is 2.21. The van der Waals surface area contributed by atoms with Gasteiger partial charge >= 0.3 is 0 Å². The molecular weight excluding hydrogens is 206 g/mol. The topological polar surface area (TPSA) is 3.24 Å². The average Bonchev–Trinajstić information content (AvgIpc) is 2.70. The van der Waals surface area contributed by atoms with Gasteiger partial charge in [-0.15, -0.1) is 0 Å². The van der Waals surface area contributed by atoms with Crippen LogP contribution in [0.2, 0.25) is 0 Å². The number of nitrogens with zero attached hydrogens (tertiary/aromatic N) is 1. The van der Waals surface area contributed by atoms with Gasteiger partial charge in [-0.25, -0.2) is 0 Å². The minimum atomic E-state index is 0.332. The Balaban J connectivity index is 2.06. The minimum Gasteiger partial charge on any atom is -0.305 e. The molecule has 1 heteroatoms. The quantitative estimate of drug-likeness (QED) is 0.718. The van der Waals surface area contributed by atoms with Crippen LogP contribution in [0, 0.1) is 0 Å². The fourth-order valence-electron chi connectivity index (χ4n) is 2.99. The van der Waals surface area contributed by atoms with E-state index in [1.54, 1.807) is 0 Å². The fraction of sp³-hybridized carbons (Fsp3) is 0.375. The standard InChI is InChI=1S/C16H19N/c1-16(9-10-17(2)12-16)15-8-7-13-5-3-4-6-14(13)11-15/h3-8,11H,9-10,12H2,1-2H3. The first-order chi connectivity index (χ1) is 8.17. The lowest BCUT2D eigenvalue weighted by molar-refractivity contribution is 0.381. The molecule has 0 radical (unpaired) electrons. The van der Waals surface area contributed by atoms with E-state index in [0.717, 1.165) is 0 Å². The Morgan fingerprint density at radius 3 is 2.53 bits per heavy atom. The normalized spacial score (nSPS) is 25.5. The van der Waals surface area contributed by atoms with Crippen molar-refractivity contribution in [3.05, 3.63) is 48.0 Å². The molecule has 1 saturated heterocycles. The summed E-state index contributed by atoms with van der Waals surface area (Å²) in [5.74, 6) is 0. The SMILES string of the molecule is CN1CCC(C)(c2ccc3ccccc3c2)C1. The van der Waals surface area contributed by atoms with Crippen molar-refractivity contribution in [1.82, 2.24) is 4.90 Å². The Kier molecular flexibility index (Phi) is 2.44. The molecule has 3 rings (SSSR count). The van der Waals surface area contributed by atoms with Crippen molar-refractivity contribution >= 4 is 10.8 Å². The summed E-state index contributed by atoms with van der Waals surface area (Å²) in [6, 6.07) is 15.6. The molecule has 0 aliphatic carbocycles. The first kappa shape index (κ1) is 10.8. The maximum Gasteiger partial charge on any atom is 0.00734 e. The summed E-state index contributed by atoms with van der Waals surface area (Å²) in [4.78, 5) is 2.43. The zero-order valence-corrected chi connectivity index (χ0v) is 10.6. The second-order valence-corrected chi connectivity index (χ2v) is 5.61. The zero-order chi connectivity index (χ0) is 11.9. The number of likely N-dealkylation sites (N-methyl/N-ethyl adjacent to an activating group) is 1. The average molecular weight is 225 g/mol. The largest absolute Gasteiger partial charge is 0.305 e. The predicted octanol–water partition coefficient (Wildman–Crippen LogP) is 3.43. The van der Waals surface area contributed by atoms with Crippen LogP contribution in [0.1, 0.15) is 18.9 Å². The van der Waals surface area contributed by atoms with Crippen LogP contribution in [0.5, 0.6) is 0 Å². The van der Waals surface area contributed by atoms with Crippen molar-refractivity contribution in [3.63, 3.8) is 0 Å². The molecule has 1 fully saturated rings. The van der Waals surface area contributed by atoms with E-state index in [4.69, 9.17) is 0 Å². The first-order valence-electron chi connectivity index (χ1n) is 6.35. The lowest BCUT2D eigenvalue weighted by Gasteiger charge is -2.24. The van der Waals surface area contributed by atoms with Crippen LogP contribution in [0.4, 0.5) is 0 Å². The van der Waals surface area contributed by atoms with Crippen molar-refractivity contribution in [2.45, 2.75) is 18.8 Å². The highest BCUT2D eigenvalue weighted by Gasteiger charge is 2.33. The van der Waals surface area contributed by atoms with E-state index >= 15 is 0 Å². The third kappa shape index (κ3) is 1.85. The fourth-order valence-corrected chi connectivity index (χ4v) is 2.99. The first-order valence-corrected chi connectivity index (χ1v) is 6.35. The maximum atomic E-state index is 2.43. The molecule has 0 amide bonds. The van der Waals surface area contributed by atoms with Crippen LogP contribution in [0.3, 0.4) is 0 Å². The lowest BCUT2D eigenvalue weighted by atomic mass is 9.81. The van der Waals surface area contributed by atoms with Gasteiger partial charge in [0.1, 0.15) is 0 Å². The Morgan fingerprint density at radius 2 is 1.82 bits per heavy atom. The number of fused-ring (bicyclic) bond motifs is 1. The molecule has 1 nitrogen and oxygen atoms in total. The number of benzene rings is 2. The second kappa shape index (κ2) is 3.85. The van der Waals surface area contributed by atoms with E-state index in [0.29, 0.717) is 5.41 Å². The maximum absolute atomic E-state index is 2.43. The van der Waals surface area contributed by atoms with Crippen LogP contribution in [-0.2, 0) is 5.41 Å². The van der Waals surface area contributed by atoms with Gasteiger partial charge in [-0.1, -0.05) is 49.4 Å². The van der Waals surface area contributed by atoms with Crippen molar-refractivity contribution in [2.24, 2.45) is 0 Å². The van der Waals surface area contributed by atoms with E-state index in [-0.39, 0.29) is 0 Å². The summed E-state index contributed by atoms with van der Waals surface area (Å²) in [5.41, 5.74) is 1.82. The second-order valence-electron chi connectivity index (χ2n) is 5.61. The van der Waals surface area contributed by atoms with Gasteiger partial charge in [0.25, 0.3) is 0 Å². The molecule has 2 aromatic rings. The number of likely N-dealkylation sites (tertiary alicyclic amines) is 1. The van der Waals surface area contributed by atoms with Gasteiger partial charge in [-0.3, -0.25) is 0 Å². The van der Waals surface area contributed by atoms with Gasteiger partial charge in [0.15, 0.2) is 0 Å². The summed E-state index contributed by atoms with van der Waals surface area (Å²) in [6.07, 6.45) is 1.27. The summed E-state index contributed by atoms with van der Waals surface area (Å²) in [6.45, 7) is 4.77. The molecule has 0 saturated carbocycles. The molecule has 0 spiro atoms. The van der Waals surface area contributed by atoms with E-state index < -0.39 is 0 Å². The van der Waals surface area contributed by atoms with Gasteiger partial charge in [0.2, 0.25) is 0 Å². The Labute approximate surface area is 103 Å².